The van der Waals surface area contributed by atoms with Crippen LogP contribution in [0.3, 0.4) is 0 Å². The van der Waals surface area contributed by atoms with Crippen molar-refractivity contribution >= 4 is 166 Å². The van der Waals surface area contributed by atoms with Crippen molar-refractivity contribution in [2.75, 3.05) is 128 Å². The number of methoxy groups -OCH3 is 1. The lowest BCUT2D eigenvalue weighted by molar-refractivity contribution is 0.330. The molecule has 778 valence electrons. The Labute approximate surface area is 875 Å². The Morgan fingerprint density at radius 2 is 0.669 bits per heavy atom. The maximum absolute atomic E-state index is 12.2. The van der Waals surface area contributed by atoms with Gasteiger partial charge in [0.25, 0.3) is 5.19 Å². The summed E-state index contributed by atoms with van der Waals surface area (Å²) in [7, 11) is -12.0. The van der Waals surface area contributed by atoms with Gasteiger partial charge in [0.05, 0.1) is 63.7 Å². The molecule has 10 aromatic heterocycles. The summed E-state index contributed by atoms with van der Waals surface area (Å²) < 4.78 is 138. The third-order valence-corrected chi connectivity index (χ3v) is 38.9. The molecular weight excluding hydrogens is 2010 g/mol. The number of pyridine rings is 7. The van der Waals surface area contributed by atoms with Crippen molar-refractivity contribution < 1.29 is 46.8 Å². The molecule has 0 radical (unpaired) electrons. The zero-order valence-electron chi connectivity index (χ0n) is 84.6. The second-order valence-electron chi connectivity index (χ2n) is 37.6. The van der Waals surface area contributed by atoms with Gasteiger partial charge in [-0.05, 0) is 282 Å². The van der Waals surface area contributed by atoms with Crippen molar-refractivity contribution in [3.8, 4) is 60.1 Å². The van der Waals surface area contributed by atoms with Crippen molar-refractivity contribution in [1.82, 2.24) is 81.0 Å². The van der Waals surface area contributed by atoms with Crippen LogP contribution in [-0.2, 0) is 63.7 Å². The van der Waals surface area contributed by atoms with Crippen molar-refractivity contribution in [3.63, 3.8) is 0 Å². The van der Waals surface area contributed by atoms with Crippen LogP contribution in [0.1, 0.15) is 111 Å². The second-order valence-corrected chi connectivity index (χ2v) is 50.3. The number of halogens is 1. The maximum atomic E-state index is 12.2. The van der Waals surface area contributed by atoms with E-state index in [0.717, 1.165) is 225 Å². The fourth-order valence-corrected chi connectivity index (χ4v) is 26.1. The first-order valence-electron chi connectivity index (χ1n) is 50.5. The molecule has 33 nitrogen and oxygen atoms in total. The number of rotatable bonds is 27. The predicted octanol–water partition coefficient (Wildman–Crippen LogP) is 19.0. The van der Waals surface area contributed by atoms with Crippen molar-refractivity contribution in [2.24, 2.45) is 7.05 Å². The summed E-state index contributed by atoms with van der Waals surface area (Å²) >= 11 is 7.63. The standard InChI is InChI=1S/C24H27N5O2S.C22H26N4O2S.C21H23ClN4O2S.C21H27N5O2S.C20H24N4O3S2/c1-3-32(30,31)29-10-7-21(8-11-29)27-23-13-20(12-18-6-9-25-16-22(18)23)17-4-5-19-15-26-28(2)24(19)14-17;1-3-29(27,28)26-10-7-20(8-11-26)25-22-13-19(18-5-4-16(2)24-14-18)12-17-6-9-23-15-21(17)22;1-2-29(27,28)26-7-4-19(5-8-26)25-21-11-16(17-10-18(22)13-24-12-17)9-15-3-6-23-14-20(15)21;1-3-25-15-18(13-23-25)17-11-16-5-8-22-14-20(16)21(12-17)24-19-6-9-26(10-7-19)29(27,28)4-2;1-3-29(25,26)24-8-5-16(6-9-24)23-18-11-15(19-13-22-20(27-2)28-19)10-14-4-7-21-12-17(14)18/h4-6,9,12-16,21,27H,3,7-8,10-11H2,1-2H3;4-6,9,12-15,20,25H,3,7-8,10-11H2,1-2H3;3,6,9-14,19,25H,2,4-5,7-8H2,1H3;5,8,11-15,19,24H,3-4,6-7,9-10H2,1-2H3;4,7,10-13,16,23H,3,5-6,8-9H2,1-2H3. The average molecular weight is 2140 g/mol. The molecule has 0 amide bonds. The Morgan fingerprint density at radius 3 is 0.993 bits per heavy atom. The lowest BCUT2D eigenvalue weighted by atomic mass is 9.98. The van der Waals surface area contributed by atoms with Crippen LogP contribution < -0.4 is 31.3 Å². The number of nitrogens with zero attached hydrogens (tertiary/aromatic N) is 17. The molecule has 5 N–H and O–H groups in total. The Kier molecular flexibility index (Phi) is 34.4. The van der Waals surface area contributed by atoms with Crippen LogP contribution in [0.5, 0.6) is 5.19 Å². The van der Waals surface area contributed by atoms with Crippen molar-refractivity contribution in [3.05, 3.63) is 243 Å². The molecule has 5 saturated heterocycles. The maximum Gasteiger partial charge on any atom is 0.273 e. The molecule has 5 fully saturated rings. The van der Waals surface area contributed by atoms with E-state index in [1.165, 1.54) is 11.3 Å². The van der Waals surface area contributed by atoms with E-state index in [2.05, 4.69) is 175 Å². The number of ether oxygens (including phenoxy) is 1. The fourth-order valence-electron chi connectivity index (χ4n) is 19.5. The molecule has 0 unspecified atom stereocenters. The van der Waals surface area contributed by atoms with E-state index in [1.807, 2.05) is 128 Å². The molecule has 5 aliphatic heterocycles. The van der Waals surface area contributed by atoms with Gasteiger partial charge in [0.2, 0.25) is 50.1 Å². The number of sulfonamides is 5. The summed E-state index contributed by atoms with van der Waals surface area (Å²) in [6, 6.07) is 45.0. The normalized spacial score (nSPS) is 16.2. The van der Waals surface area contributed by atoms with Crippen LogP contribution in [0.25, 0.3) is 120 Å². The Bertz CT molecular complexity index is 7810. The Morgan fingerprint density at radius 1 is 0.331 bits per heavy atom. The van der Waals surface area contributed by atoms with Gasteiger partial charge in [-0.15, -0.1) is 0 Å². The monoisotopic (exact) mass is 2130 g/mol. The van der Waals surface area contributed by atoms with Gasteiger partial charge in [-0.25, -0.2) is 68.6 Å². The van der Waals surface area contributed by atoms with E-state index >= 15 is 0 Å². The molecular formula is C108H127ClN22O11S6. The first kappa shape index (κ1) is 107. The summed E-state index contributed by atoms with van der Waals surface area (Å²) in [6.07, 6.45) is 39.1. The summed E-state index contributed by atoms with van der Waals surface area (Å²) in [6.45, 7) is 18.9. The molecule has 6 aromatic carbocycles. The summed E-state index contributed by atoms with van der Waals surface area (Å²) in [5, 5.41) is 40.2. The Hall–Kier alpha value is -12.4. The zero-order chi connectivity index (χ0) is 104. The summed E-state index contributed by atoms with van der Waals surface area (Å²) in [5.74, 6) is 0.784. The summed E-state index contributed by atoms with van der Waals surface area (Å²) in [5.41, 5.74) is 16.8. The molecule has 148 heavy (non-hydrogen) atoms. The molecule has 0 saturated carbocycles. The molecule has 0 atom stereocenters. The average Bonchev–Trinajstić information content (AvgIpc) is 1.55. The minimum absolute atomic E-state index is 0.150. The quantitative estimate of drug-likeness (QED) is 0.0319. The van der Waals surface area contributed by atoms with Gasteiger partial charge in [-0.2, -0.15) is 10.2 Å². The second kappa shape index (κ2) is 47.6. The van der Waals surface area contributed by atoms with E-state index in [9.17, 15) is 42.1 Å². The number of benzene rings is 6. The van der Waals surface area contributed by atoms with Gasteiger partial charge >= 0.3 is 0 Å². The number of hydrogen-bond acceptors (Lipinski definition) is 27. The molecule has 0 spiro atoms. The number of piperidine rings is 5. The van der Waals surface area contributed by atoms with Crippen LogP contribution in [0.2, 0.25) is 5.02 Å². The highest BCUT2D eigenvalue weighted by molar-refractivity contribution is 7.90. The van der Waals surface area contributed by atoms with Crippen LogP contribution >= 0.6 is 22.9 Å². The molecule has 21 rings (SSSR count). The minimum atomic E-state index is -3.12. The molecule has 0 aliphatic carbocycles. The van der Waals surface area contributed by atoms with Crippen molar-refractivity contribution in [1.29, 1.82) is 0 Å². The number of hydrogen-bond donors (Lipinski definition) is 5. The smallest absolute Gasteiger partial charge is 0.273 e. The van der Waals surface area contributed by atoms with Gasteiger partial charge in [-0.1, -0.05) is 41.1 Å². The molecule has 0 bridgehead atoms. The highest BCUT2D eigenvalue weighted by Crippen LogP contribution is 2.42. The van der Waals surface area contributed by atoms with E-state index in [1.54, 1.807) is 100 Å². The molecule has 5 aliphatic rings. The van der Waals surface area contributed by atoms with Gasteiger partial charge in [-0.3, -0.25) is 44.3 Å². The van der Waals surface area contributed by atoms with E-state index < -0.39 is 50.1 Å². The highest BCUT2D eigenvalue weighted by atomic mass is 35.5. The van der Waals surface area contributed by atoms with E-state index in [4.69, 9.17) is 16.3 Å². The van der Waals surface area contributed by atoms with E-state index in [-0.39, 0.29) is 59.0 Å². The Balaban J connectivity index is 0.000000126. The largest absolute Gasteiger partial charge is 0.473 e. The number of fused-ring (bicyclic) bond motifs is 6. The van der Waals surface area contributed by atoms with Gasteiger partial charge < -0.3 is 31.3 Å². The van der Waals surface area contributed by atoms with Crippen LogP contribution in [0.15, 0.2) is 233 Å². The van der Waals surface area contributed by atoms with Gasteiger partial charge in [0.1, 0.15) is 0 Å². The summed E-state index contributed by atoms with van der Waals surface area (Å²) in [4.78, 5) is 35.4. The van der Waals surface area contributed by atoms with Crippen LogP contribution in [-0.4, -0.2) is 255 Å². The van der Waals surface area contributed by atoms with Crippen molar-refractivity contribution in [2.45, 2.75) is 149 Å². The first-order valence-corrected chi connectivity index (χ1v) is 59.7. The number of nitrogens with one attached hydrogen (secondary N) is 5. The highest BCUT2D eigenvalue weighted by Gasteiger charge is 2.34. The third-order valence-electron chi connectivity index (χ3n) is 28.2. The first-order chi connectivity index (χ1) is 71.4. The zero-order valence-corrected chi connectivity index (χ0v) is 90.3. The molecule has 40 heteroatoms. The van der Waals surface area contributed by atoms with Gasteiger partial charge in [0, 0.05) is 285 Å². The van der Waals surface area contributed by atoms with Crippen LogP contribution in [0, 0.1) is 6.92 Å². The lowest BCUT2D eigenvalue weighted by Gasteiger charge is -2.32. The number of thiazole rings is 1. The fraction of sp³-hybridized carbons (Fsp3) is 0.370. The number of aryl methyl sites for hydroxylation is 3. The molecule has 15 heterocycles. The topological polar surface area (TPSA) is 395 Å². The lowest BCUT2D eigenvalue weighted by Crippen LogP contribution is -2.42. The minimum Gasteiger partial charge on any atom is -0.473 e. The predicted molar refractivity (Wildman–Crippen MR) is 598 cm³/mol. The SMILES string of the molecule is CCS(=O)(=O)N1CCC(Nc2cc(-c3ccc(C)nc3)cc3ccncc23)CC1.CCS(=O)(=O)N1CCC(Nc2cc(-c3ccc4cnn(C)c4c3)cc3ccncc23)CC1.CCS(=O)(=O)N1CCC(Nc2cc(-c3cnc(OC)s3)cc3ccncc23)CC1.CCS(=O)(=O)N1CCC(Nc2cc(-c3cncc(Cl)c3)cc3ccncc23)CC1.CCn1cc(-c2cc(NC3CCN(S(=O)(=O)CC)CC3)c3cnccc3c2)cn1. The van der Waals surface area contributed by atoms with E-state index in [0.29, 0.717) is 75.7 Å². The number of aromatic nitrogens is 12. The third kappa shape index (κ3) is 25.8. The van der Waals surface area contributed by atoms with Crippen LogP contribution in [0.4, 0.5) is 28.4 Å². The number of anilines is 5. The van der Waals surface area contributed by atoms with Gasteiger partial charge in [0.15, 0.2) is 0 Å². The molecule has 16 aromatic rings.